The van der Waals surface area contributed by atoms with Gasteiger partial charge in [0, 0.05) is 5.56 Å². The van der Waals surface area contributed by atoms with E-state index >= 15 is 0 Å². The lowest BCUT2D eigenvalue weighted by molar-refractivity contribution is -0.114. The van der Waals surface area contributed by atoms with E-state index in [9.17, 15) is 18.0 Å². The summed E-state index contributed by atoms with van der Waals surface area (Å²) in [5.74, 6) is -0.469. The lowest BCUT2D eigenvalue weighted by Crippen LogP contribution is -2.35. The highest BCUT2D eigenvalue weighted by molar-refractivity contribution is 8.27. The lowest BCUT2D eigenvalue weighted by atomic mass is 10.1. The third kappa shape index (κ3) is 3.17. The van der Waals surface area contributed by atoms with Crippen molar-refractivity contribution in [3.63, 3.8) is 0 Å². The summed E-state index contributed by atoms with van der Waals surface area (Å²) < 4.78 is 48.8. The highest BCUT2D eigenvalue weighted by atomic mass is 32.2. The quantitative estimate of drug-likeness (QED) is 0.810. The minimum absolute atomic E-state index is 0.198. The largest absolute Gasteiger partial charge is 0.497 e. The number of hydrogen-bond acceptors (Lipinski definition) is 6. The molecule has 0 aliphatic carbocycles. The van der Waals surface area contributed by atoms with Gasteiger partial charge in [0.05, 0.1) is 19.8 Å². The molecule has 26 heavy (non-hydrogen) atoms. The van der Waals surface area contributed by atoms with Crippen LogP contribution < -0.4 is 9.47 Å². The van der Waals surface area contributed by atoms with Crippen LogP contribution in [0, 0.1) is 5.41 Å². The summed E-state index contributed by atoms with van der Waals surface area (Å²) in [6.45, 7) is 0. The average molecular weight is 384 g/mol. The first kappa shape index (κ1) is 18.0. The molecule has 1 aromatic rings. The first-order chi connectivity index (χ1) is 12.2. The molecule has 11 heteroatoms. The number of benzene rings is 1. The molecular formula is C15H11F3N4O3S. The number of aliphatic imine (C=N–C) groups is 1. The van der Waals surface area contributed by atoms with Gasteiger partial charge in [-0.15, -0.1) is 0 Å². The van der Waals surface area contributed by atoms with Crippen molar-refractivity contribution >= 4 is 39.8 Å². The van der Waals surface area contributed by atoms with Gasteiger partial charge in [0.15, 0.2) is 5.84 Å². The monoisotopic (exact) mass is 384 g/mol. The number of rotatable bonds is 3. The van der Waals surface area contributed by atoms with Crippen molar-refractivity contribution < 1.29 is 27.4 Å². The normalized spacial score (nSPS) is 18.7. The Morgan fingerprint density at radius 3 is 2.62 bits per heavy atom. The second-order valence-corrected chi connectivity index (χ2v) is 5.99. The van der Waals surface area contributed by atoms with E-state index in [-0.39, 0.29) is 22.5 Å². The molecule has 7 nitrogen and oxygen atoms in total. The summed E-state index contributed by atoms with van der Waals surface area (Å²) >= 11 is 0.198. The van der Waals surface area contributed by atoms with Gasteiger partial charge < -0.3 is 9.47 Å². The first-order valence-corrected chi connectivity index (χ1v) is 7.85. The van der Waals surface area contributed by atoms with Crippen LogP contribution in [0.2, 0.25) is 0 Å². The molecule has 0 aromatic heterocycles. The van der Waals surface area contributed by atoms with Crippen molar-refractivity contribution in [2.24, 2.45) is 10.1 Å². The molecule has 0 saturated carbocycles. The molecule has 0 unspecified atom stereocenters. The van der Waals surface area contributed by atoms with Gasteiger partial charge >= 0.3 is 6.18 Å². The Kier molecular flexibility index (Phi) is 4.48. The molecule has 0 bridgehead atoms. The third-order valence-corrected chi connectivity index (χ3v) is 4.39. The van der Waals surface area contributed by atoms with Crippen LogP contribution in [0.5, 0.6) is 11.5 Å². The second kappa shape index (κ2) is 6.48. The van der Waals surface area contributed by atoms with Gasteiger partial charge in [-0.05, 0) is 36.0 Å². The Morgan fingerprint density at radius 1 is 1.27 bits per heavy atom. The first-order valence-electron chi connectivity index (χ1n) is 7.04. The van der Waals surface area contributed by atoms with E-state index in [1.807, 2.05) is 0 Å². The zero-order chi connectivity index (χ0) is 19.1. The number of amidine groups is 2. The molecule has 2 aliphatic rings. The summed E-state index contributed by atoms with van der Waals surface area (Å²) in [6.07, 6.45) is -3.38. The summed E-state index contributed by atoms with van der Waals surface area (Å²) in [5.41, 5.74) is 0.193. The summed E-state index contributed by atoms with van der Waals surface area (Å²) in [7, 11) is 2.88. The number of nitrogens with zero attached hydrogens (tertiary/aromatic N) is 3. The molecule has 3 rings (SSSR count). The van der Waals surface area contributed by atoms with Crippen molar-refractivity contribution in [2.75, 3.05) is 14.2 Å². The number of methoxy groups -OCH3 is 2. The SMILES string of the molecule is COc1ccc(OC)c(/C=C2/C(=N)N3N=C(C(F)(F)F)SC3=NC2=O)c1. The predicted molar refractivity (Wildman–Crippen MR) is 90.6 cm³/mol. The fraction of sp³-hybridized carbons (Fsp3) is 0.200. The predicted octanol–water partition coefficient (Wildman–Crippen LogP) is 2.89. The number of carbonyl (C=O) groups excluding carboxylic acids is 1. The Hall–Kier alpha value is -2.82. The number of halogens is 3. The molecule has 1 amide bonds. The number of nitrogens with one attached hydrogen (secondary N) is 1. The molecule has 0 saturated heterocycles. The molecule has 0 atom stereocenters. The van der Waals surface area contributed by atoms with E-state index in [2.05, 4.69) is 10.1 Å². The van der Waals surface area contributed by atoms with Gasteiger partial charge in [0.2, 0.25) is 10.2 Å². The van der Waals surface area contributed by atoms with Crippen molar-refractivity contribution in [2.45, 2.75) is 6.18 Å². The number of ether oxygens (including phenoxy) is 2. The van der Waals surface area contributed by atoms with Gasteiger partial charge in [0.1, 0.15) is 11.5 Å². The highest BCUT2D eigenvalue weighted by Crippen LogP contribution is 2.36. The Balaban J connectivity index is 2.03. The Bertz CT molecular complexity index is 893. The number of hydrazone groups is 1. The molecule has 0 fully saturated rings. The second-order valence-electron chi connectivity index (χ2n) is 5.03. The van der Waals surface area contributed by atoms with Crippen LogP contribution in [0.4, 0.5) is 13.2 Å². The summed E-state index contributed by atoms with van der Waals surface area (Å²) in [4.78, 5) is 15.8. The van der Waals surface area contributed by atoms with E-state index in [1.54, 1.807) is 18.2 Å². The van der Waals surface area contributed by atoms with E-state index in [0.717, 1.165) is 0 Å². The van der Waals surface area contributed by atoms with Crippen LogP contribution in [0.15, 0.2) is 33.9 Å². The fourth-order valence-electron chi connectivity index (χ4n) is 2.21. The number of hydrogen-bond donors (Lipinski definition) is 1. The molecule has 0 spiro atoms. The molecule has 1 aromatic carbocycles. The molecule has 0 radical (unpaired) electrons. The van der Waals surface area contributed by atoms with Crippen molar-refractivity contribution in [3.8, 4) is 11.5 Å². The van der Waals surface area contributed by atoms with Crippen LogP contribution in [0.1, 0.15) is 5.56 Å². The smallest absolute Gasteiger partial charge is 0.441 e. The van der Waals surface area contributed by atoms with Crippen molar-refractivity contribution in [3.05, 3.63) is 29.3 Å². The van der Waals surface area contributed by atoms with Gasteiger partial charge in [-0.3, -0.25) is 10.2 Å². The zero-order valence-corrected chi connectivity index (χ0v) is 14.2. The van der Waals surface area contributed by atoms with Gasteiger partial charge in [0.25, 0.3) is 5.91 Å². The molecule has 136 valence electrons. The van der Waals surface area contributed by atoms with E-state index < -0.39 is 23.0 Å². The van der Waals surface area contributed by atoms with E-state index in [1.165, 1.54) is 20.3 Å². The number of carbonyl (C=O) groups is 1. The maximum Gasteiger partial charge on any atom is 0.441 e. The topological polar surface area (TPSA) is 87.3 Å². The number of fused-ring (bicyclic) bond motifs is 1. The van der Waals surface area contributed by atoms with Crippen LogP contribution in [0.3, 0.4) is 0 Å². The highest BCUT2D eigenvalue weighted by Gasteiger charge is 2.46. The van der Waals surface area contributed by atoms with Crippen molar-refractivity contribution in [1.82, 2.24) is 5.01 Å². The lowest BCUT2D eigenvalue weighted by Gasteiger charge is -2.20. The average Bonchev–Trinajstić information content (AvgIpc) is 3.02. The van der Waals surface area contributed by atoms with E-state index in [4.69, 9.17) is 14.9 Å². The number of alkyl halides is 3. The van der Waals surface area contributed by atoms with Crippen LogP contribution >= 0.6 is 11.8 Å². The van der Waals surface area contributed by atoms with E-state index in [0.29, 0.717) is 22.1 Å². The third-order valence-electron chi connectivity index (χ3n) is 3.43. The standard InChI is InChI=1S/C15H11F3N4O3S/c1-24-8-3-4-10(25-2)7(5-8)6-9-11(19)22-14(20-12(9)23)26-13(21-22)15(16,17)18/h3-6,19H,1-2H3/b9-6-,19-11?. The van der Waals surface area contributed by atoms with Crippen LogP contribution in [-0.2, 0) is 4.79 Å². The molecule has 2 heterocycles. The van der Waals surface area contributed by atoms with Crippen LogP contribution in [-0.4, -0.2) is 47.4 Å². The zero-order valence-electron chi connectivity index (χ0n) is 13.4. The summed E-state index contributed by atoms with van der Waals surface area (Å²) in [5, 5.41) is 10.6. The minimum Gasteiger partial charge on any atom is -0.497 e. The fourth-order valence-corrected chi connectivity index (χ4v) is 2.97. The number of thioether (sulfide) groups is 1. The molecular weight excluding hydrogens is 373 g/mol. The van der Waals surface area contributed by atoms with Crippen LogP contribution in [0.25, 0.3) is 6.08 Å². The van der Waals surface area contributed by atoms with Gasteiger partial charge in [-0.1, -0.05) is 0 Å². The Labute approximate surface area is 149 Å². The van der Waals surface area contributed by atoms with Gasteiger partial charge in [-0.25, -0.2) is 0 Å². The minimum atomic E-state index is -4.69. The summed E-state index contributed by atoms with van der Waals surface area (Å²) in [6, 6.07) is 4.80. The maximum atomic E-state index is 12.8. The maximum absolute atomic E-state index is 12.8. The number of amides is 1. The Morgan fingerprint density at radius 2 is 2.00 bits per heavy atom. The van der Waals surface area contributed by atoms with Gasteiger partial charge in [-0.2, -0.15) is 28.3 Å². The molecule has 2 aliphatic heterocycles. The van der Waals surface area contributed by atoms with Crippen molar-refractivity contribution in [1.29, 1.82) is 5.41 Å². The molecule has 1 N–H and O–H groups in total.